The first kappa shape index (κ1) is 19.2. The second-order valence-corrected chi connectivity index (χ2v) is 4.61. The number of benzene rings is 2. The van der Waals surface area contributed by atoms with Gasteiger partial charge in [-0.2, -0.15) is 0 Å². The Morgan fingerprint density at radius 3 is 1.81 bits per heavy atom. The van der Waals surface area contributed by atoms with E-state index in [1.807, 2.05) is 26.0 Å². The Labute approximate surface area is 130 Å². The summed E-state index contributed by atoms with van der Waals surface area (Å²) in [7, 11) is 0. The van der Waals surface area contributed by atoms with Crippen LogP contribution in [-0.4, -0.2) is 5.11 Å². The summed E-state index contributed by atoms with van der Waals surface area (Å²) in [5, 5.41) is 8.85. The molecule has 0 saturated carbocycles. The highest BCUT2D eigenvalue weighted by molar-refractivity contribution is 5.25. The molecule has 21 heavy (non-hydrogen) atoms. The molecule has 0 bridgehead atoms. The molecule has 0 aliphatic heterocycles. The number of hydrogen-bond acceptors (Lipinski definition) is 1. The molecule has 2 rings (SSSR count). The van der Waals surface area contributed by atoms with Gasteiger partial charge in [0, 0.05) is 0 Å². The summed E-state index contributed by atoms with van der Waals surface area (Å²) < 4.78 is 0. The van der Waals surface area contributed by atoms with Crippen molar-refractivity contribution in [3.63, 3.8) is 0 Å². The zero-order valence-corrected chi connectivity index (χ0v) is 14.0. The molecule has 0 saturated heterocycles. The first-order chi connectivity index (χ1) is 10.3. The number of rotatable bonds is 4. The minimum Gasteiger partial charge on any atom is -0.508 e. The largest absolute Gasteiger partial charge is 0.508 e. The summed E-state index contributed by atoms with van der Waals surface area (Å²) in [6.07, 6.45) is 4.86. The zero-order valence-electron chi connectivity index (χ0n) is 14.0. The molecule has 1 N–H and O–H groups in total. The van der Waals surface area contributed by atoms with Crippen molar-refractivity contribution < 1.29 is 5.11 Å². The first-order valence-corrected chi connectivity index (χ1v) is 8.08. The van der Waals surface area contributed by atoms with Crippen molar-refractivity contribution in [2.75, 3.05) is 0 Å². The van der Waals surface area contributed by atoms with Crippen molar-refractivity contribution in [3.05, 3.63) is 65.7 Å². The average molecular weight is 286 g/mol. The maximum absolute atomic E-state index is 8.85. The van der Waals surface area contributed by atoms with Crippen LogP contribution in [-0.2, 0) is 12.8 Å². The monoisotopic (exact) mass is 286 g/mol. The number of aryl methyl sites for hydroxylation is 2. The third-order valence-electron chi connectivity index (χ3n) is 3.01. The lowest BCUT2D eigenvalue weighted by molar-refractivity contribution is 0.475. The Morgan fingerprint density at radius 2 is 1.33 bits per heavy atom. The van der Waals surface area contributed by atoms with E-state index in [1.54, 1.807) is 12.1 Å². The highest BCUT2D eigenvalue weighted by atomic mass is 16.3. The van der Waals surface area contributed by atoms with Gasteiger partial charge in [-0.15, -0.1) is 0 Å². The van der Waals surface area contributed by atoms with Crippen molar-refractivity contribution >= 4 is 0 Å². The van der Waals surface area contributed by atoms with Gasteiger partial charge in [0.1, 0.15) is 5.75 Å². The fourth-order valence-corrected chi connectivity index (χ4v) is 1.76. The molecular weight excluding hydrogens is 256 g/mol. The van der Waals surface area contributed by atoms with Gasteiger partial charge in [-0.3, -0.25) is 0 Å². The molecule has 2 aromatic rings. The smallest absolute Gasteiger partial charge is 0.115 e. The van der Waals surface area contributed by atoms with Crippen LogP contribution in [0.4, 0.5) is 0 Å². The van der Waals surface area contributed by atoms with Gasteiger partial charge in [0.05, 0.1) is 0 Å². The summed E-state index contributed by atoms with van der Waals surface area (Å²) >= 11 is 0. The lowest BCUT2D eigenvalue weighted by Crippen LogP contribution is -1.81. The van der Waals surface area contributed by atoms with Gasteiger partial charge in [0.15, 0.2) is 0 Å². The normalized spacial score (nSPS) is 8.95. The van der Waals surface area contributed by atoms with E-state index in [-0.39, 0.29) is 0 Å². The van der Waals surface area contributed by atoms with Crippen molar-refractivity contribution in [1.29, 1.82) is 0 Å². The predicted molar refractivity (Wildman–Crippen MR) is 93.9 cm³/mol. The summed E-state index contributed by atoms with van der Waals surface area (Å²) in [5.74, 6) is 0.340. The zero-order chi connectivity index (χ0) is 15.9. The number of aromatic hydroxyl groups is 1. The second kappa shape index (κ2) is 13.2. The summed E-state index contributed by atoms with van der Waals surface area (Å²) in [6.45, 7) is 8.31. The van der Waals surface area contributed by atoms with E-state index >= 15 is 0 Å². The lowest BCUT2D eigenvalue weighted by atomic mass is 10.1. The third kappa shape index (κ3) is 9.73. The molecule has 0 radical (unpaired) electrons. The molecule has 0 atom stereocenters. The molecule has 0 unspecified atom stereocenters. The highest BCUT2D eigenvalue weighted by Gasteiger charge is 1.87. The van der Waals surface area contributed by atoms with Crippen LogP contribution < -0.4 is 0 Å². The van der Waals surface area contributed by atoms with E-state index in [1.165, 1.54) is 30.4 Å². The van der Waals surface area contributed by atoms with Crippen LogP contribution in [0.15, 0.2) is 54.6 Å². The van der Waals surface area contributed by atoms with E-state index in [2.05, 4.69) is 44.2 Å². The summed E-state index contributed by atoms with van der Waals surface area (Å²) in [4.78, 5) is 0. The molecule has 0 fully saturated rings. The van der Waals surface area contributed by atoms with E-state index in [4.69, 9.17) is 5.11 Å². The lowest BCUT2D eigenvalue weighted by Gasteiger charge is -1.96. The van der Waals surface area contributed by atoms with E-state index in [9.17, 15) is 0 Å². The van der Waals surface area contributed by atoms with Crippen molar-refractivity contribution in [2.45, 2.75) is 53.4 Å². The Balaban J connectivity index is 0.000000342. The maximum atomic E-state index is 8.85. The molecule has 0 aliphatic rings. The fraction of sp³-hybridized carbons (Fsp3) is 0.400. The Hall–Kier alpha value is -1.76. The number of phenolic OH excluding ortho intramolecular Hbond substituents is 1. The fourth-order valence-electron chi connectivity index (χ4n) is 1.76. The van der Waals surface area contributed by atoms with E-state index < -0.39 is 0 Å². The first-order valence-electron chi connectivity index (χ1n) is 8.08. The molecule has 0 heterocycles. The van der Waals surface area contributed by atoms with Crippen molar-refractivity contribution in [2.24, 2.45) is 0 Å². The van der Waals surface area contributed by atoms with Gasteiger partial charge in [0.2, 0.25) is 0 Å². The van der Waals surface area contributed by atoms with Gasteiger partial charge < -0.3 is 5.11 Å². The number of phenols is 1. The van der Waals surface area contributed by atoms with Crippen LogP contribution in [0, 0.1) is 0 Å². The van der Waals surface area contributed by atoms with Crippen LogP contribution in [0.2, 0.25) is 0 Å². The highest BCUT2D eigenvalue weighted by Crippen LogP contribution is 2.09. The Morgan fingerprint density at radius 1 is 0.762 bits per heavy atom. The Kier molecular flexibility index (Phi) is 12.1. The molecule has 0 aromatic heterocycles. The van der Waals surface area contributed by atoms with Crippen LogP contribution in [0.3, 0.4) is 0 Å². The van der Waals surface area contributed by atoms with Gasteiger partial charge in [0.25, 0.3) is 0 Å². The standard InChI is InChI=1S/C10H14.C8H10O.C2H6/c1-2-3-7-10-8-5-4-6-9-10;1-2-7-3-5-8(9)6-4-7;1-2/h4-6,8-9H,2-3,7H2,1H3;3-6,9H,2H2,1H3;1-2H3. The van der Waals surface area contributed by atoms with Gasteiger partial charge in [-0.05, 0) is 42.5 Å². The topological polar surface area (TPSA) is 20.2 Å². The van der Waals surface area contributed by atoms with Crippen LogP contribution >= 0.6 is 0 Å². The molecule has 1 heteroatoms. The second-order valence-electron chi connectivity index (χ2n) is 4.61. The number of unbranched alkanes of at least 4 members (excludes halogenated alkanes) is 1. The minimum absolute atomic E-state index is 0.340. The minimum atomic E-state index is 0.340. The van der Waals surface area contributed by atoms with E-state index in [0.717, 1.165) is 6.42 Å². The molecular formula is C20H30O. The van der Waals surface area contributed by atoms with E-state index in [0.29, 0.717) is 5.75 Å². The molecule has 0 amide bonds. The Bertz CT molecular complexity index is 431. The molecule has 2 aromatic carbocycles. The van der Waals surface area contributed by atoms with Gasteiger partial charge >= 0.3 is 0 Å². The van der Waals surface area contributed by atoms with Gasteiger partial charge in [-0.25, -0.2) is 0 Å². The third-order valence-corrected chi connectivity index (χ3v) is 3.01. The summed E-state index contributed by atoms with van der Waals surface area (Å²) in [6, 6.07) is 17.9. The van der Waals surface area contributed by atoms with Crippen molar-refractivity contribution in [1.82, 2.24) is 0 Å². The van der Waals surface area contributed by atoms with Crippen LogP contribution in [0.5, 0.6) is 5.75 Å². The molecule has 116 valence electrons. The number of hydrogen-bond donors (Lipinski definition) is 1. The van der Waals surface area contributed by atoms with Crippen LogP contribution in [0.25, 0.3) is 0 Å². The summed E-state index contributed by atoms with van der Waals surface area (Å²) in [5.41, 5.74) is 2.72. The SMILES string of the molecule is CC.CCCCc1ccccc1.CCc1ccc(O)cc1. The average Bonchev–Trinajstić information content (AvgIpc) is 2.57. The molecule has 0 aliphatic carbocycles. The molecule has 1 nitrogen and oxygen atoms in total. The quantitative estimate of drug-likeness (QED) is 0.729. The van der Waals surface area contributed by atoms with Crippen LogP contribution in [0.1, 0.15) is 51.7 Å². The van der Waals surface area contributed by atoms with Gasteiger partial charge in [-0.1, -0.05) is 76.6 Å². The predicted octanol–water partition coefficient (Wildman–Crippen LogP) is 6.01. The molecule has 0 spiro atoms. The maximum Gasteiger partial charge on any atom is 0.115 e. The van der Waals surface area contributed by atoms with Crippen molar-refractivity contribution in [3.8, 4) is 5.75 Å².